The van der Waals surface area contributed by atoms with Crippen LogP contribution in [0.4, 0.5) is 0 Å². The molecule has 24 heavy (non-hydrogen) atoms. The molecule has 0 radical (unpaired) electrons. The molecule has 1 heterocycles. The number of nitrogens with zero attached hydrogens (tertiary/aromatic N) is 1. The first-order valence-electron chi connectivity index (χ1n) is 7.45. The Kier molecular flexibility index (Phi) is 5.27. The third kappa shape index (κ3) is 4.72. The van der Waals surface area contributed by atoms with Gasteiger partial charge in [-0.2, -0.15) is 0 Å². The second-order valence-corrected chi connectivity index (χ2v) is 9.98. The molecule has 7 heteroatoms. The molecule has 1 aromatic heterocycles. The Labute approximate surface area is 146 Å². The standard InChI is InChI=1S/C17H22N2O3S2/c1-12-9-10-13(23(20)19-24(5,21)22)11-14(12)15-7-6-8-16(18-15)17(2,3)4/h6-11,19H,1-5H3. The fourth-order valence-electron chi connectivity index (χ4n) is 2.18. The molecule has 0 aliphatic heterocycles. The fourth-order valence-corrected chi connectivity index (χ4v) is 4.08. The Morgan fingerprint density at radius 3 is 2.38 bits per heavy atom. The molecule has 0 saturated carbocycles. The number of sulfonamides is 1. The van der Waals surface area contributed by atoms with Gasteiger partial charge < -0.3 is 0 Å². The average molecular weight is 367 g/mol. The minimum atomic E-state index is -3.55. The topological polar surface area (TPSA) is 76.1 Å². The molecule has 2 rings (SSSR count). The van der Waals surface area contributed by atoms with Crippen molar-refractivity contribution >= 4 is 21.0 Å². The molecule has 0 aliphatic carbocycles. The number of aryl methyl sites for hydroxylation is 1. The molecule has 1 atom stereocenters. The zero-order valence-corrected chi connectivity index (χ0v) is 16.1. The van der Waals surface area contributed by atoms with Crippen molar-refractivity contribution in [3.8, 4) is 11.3 Å². The first-order valence-corrected chi connectivity index (χ1v) is 10.5. The van der Waals surface area contributed by atoms with Gasteiger partial charge >= 0.3 is 0 Å². The number of aromatic nitrogens is 1. The van der Waals surface area contributed by atoms with E-state index in [1.807, 2.05) is 31.2 Å². The summed E-state index contributed by atoms with van der Waals surface area (Å²) < 4.78 is 36.8. The van der Waals surface area contributed by atoms with Crippen molar-refractivity contribution in [3.05, 3.63) is 47.7 Å². The Bertz CT molecular complexity index is 885. The van der Waals surface area contributed by atoms with Gasteiger partial charge in [0, 0.05) is 16.7 Å². The van der Waals surface area contributed by atoms with Crippen LogP contribution in [0.5, 0.6) is 0 Å². The van der Waals surface area contributed by atoms with Crippen LogP contribution >= 0.6 is 0 Å². The van der Waals surface area contributed by atoms with Crippen LogP contribution in [0.1, 0.15) is 32.0 Å². The van der Waals surface area contributed by atoms with Crippen molar-refractivity contribution in [2.75, 3.05) is 6.26 Å². The maximum absolute atomic E-state index is 12.2. The van der Waals surface area contributed by atoms with Gasteiger partial charge in [-0.25, -0.2) is 12.6 Å². The second-order valence-electron chi connectivity index (χ2n) is 6.76. The monoisotopic (exact) mass is 366 g/mol. The van der Waals surface area contributed by atoms with Gasteiger partial charge in [-0.3, -0.25) is 4.98 Å². The van der Waals surface area contributed by atoms with Crippen LogP contribution in [0.25, 0.3) is 11.3 Å². The first-order chi connectivity index (χ1) is 11.0. The summed E-state index contributed by atoms with van der Waals surface area (Å²) in [6, 6.07) is 11.0. The van der Waals surface area contributed by atoms with E-state index in [1.165, 1.54) is 0 Å². The van der Waals surface area contributed by atoms with Gasteiger partial charge in [-0.15, -0.1) is 4.13 Å². The summed E-state index contributed by atoms with van der Waals surface area (Å²) in [5.41, 5.74) is 3.47. The number of nitrogens with one attached hydrogen (secondary N) is 1. The lowest BCUT2D eigenvalue weighted by Gasteiger charge is -2.19. The highest BCUT2D eigenvalue weighted by molar-refractivity contribution is 8.01. The summed E-state index contributed by atoms with van der Waals surface area (Å²) in [5.74, 6) is 0. The van der Waals surface area contributed by atoms with Gasteiger partial charge in [0.2, 0.25) is 10.0 Å². The molecule has 1 N–H and O–H groups in total. The molecule has 130 valence electrons. The summed E-state index contributed by atoms with van der Waals surface area (Å²) in [6.07, 6.45) is 0.981. The lowest BCUT2D eigenvalue weighted by molar-refractivity contribution is 0.569. The number of rotatable bonds is 4. The minimum Gasteiger partial charge on any atom is -0.252 e. The molecule has 2 aromatic rings. The van der Waals surface area contributed by atoms with Crippen molar-refractivity contribution in [1.82, 2.24) is 9.11 Å². The van der Waals surface area contributed by atoms with Crippen molar-refractivity contribution in [2.24, 2.45) is 0 Å². The van der Waals surface area contributed by atoms with Crippen LogP contribution in [0.3, 0.4) is 0 Å². The number of hydrogen-bond acceptors (Lipinski definition) is 4. The molecule has 0 aliphatic rings. The van der Waals surface area contributed by atoms with Crippen LogP contribution in [0, 0.1) is 6.92 Å². The van der Waals surface area contributed by atoms with E-state index in [4.69, 9.17) is 4.98 Å². The van der Waals surface area contributed by atoms with Gasteiger partial charge in [0.15, 0.2) is 0 Å². The van der Waals surface area contributed by atoms with Crippen LogP contribution in [-0.2, 0) is 26.4 Å². The maximum atomic E-state index is 12.2. The highest BCUT2D eigenvalue weighted by atomic mass is 32.3. The van der Waals surface area contributed by atoms with Crippen LogP contribution in [0.15, 0.2) is 41.3 Å². The first kappa shape index (κ1) is 18.8. The number of benzene rings is 1. The van der Waals surface area contributed by atoms with E-state index in [-0.39, 0.29) is 5.41 Å². The maximum Gasteiger partial charge on any atom is 0.220 e. The van der Waals surface area contributed by atoms with Crippen molar-refractivity contribution in [2.45, 2.75) is 38.0 Å². The molecule has 0 saturated heterocycles. The predicted molar refractivity (Wildman–Crippen MR) is 97.5 cm³/mol. The van der Waals surface area contributed by atoms with E-state index < -0.39 is 21.0 Å². The highest BCUT2D eigenvalue weighted by Crippen LogP contribution is 2.27. The molecule has 1 unspecified atom stereocenters. The molecular weight excluding hydrogens is 344 g/mol. The fraction of sp³-hybridized carbons (Fsp3) is 0.353. The molecular formula is C17H22N2O3S2. The van der Waals surface area contributed by atoms with Gasteiger partial charge in [0.25, 0.3) is 0 Å². The van der Waals surface area contributed by atoms with Crippen molar-refractivity contribution in [3.63, 3.8) is 0 Å². The van der Waals surface area contributed by atoms with Crippen LogP contribution in [-0.4, -0.2) is 23.9 Å². The van der Waals surface area contributed by atoms with Gasteiger partial charge in [-0.1, -0.05) is 32.9 Å². The molecule has 5 nitrogen and oxygen atoms in total. The summed E-state index contributed by atoms with van der Waals surface area (Å²) in [4.78, 5) is 5.11. The number of pyridine rings is 1. The van der Waals surface area contributed by atoms with Crippen molar-refractivity contribution < 1.29 is 12.6 Å². The Balaban J connectivity index is 2.48. The third-order valence-electron chi connectivity index (χ3n) is 3.44. The second kappa shape index (κ2) is 6.74. The van der Waals surface area contributed by atoms with Crippen LogP contribution < -0.4 is 4.13 Å². The molecule has 1 aromatic carbocycles. The smallest absolute Gasteiger partial charge is 0.220 e. The zero-order chi connectivity index (χ0) is 18.1. The Morgan fingerprint density at radius 2 is 1.79 bits per heavy atom. The lowest BCUT2D eigenvalue weighted by atomic mass is 9.91. The molecule has 0 amide bonds. The Hall–Kier alpha value is -1.57. The zero-order valence-electron chi connectivity index (χ0n) is 14.5. The predicted octanol–water partition coefficient (Wildman–Crippen LogP) is 2.93. The molecule has 0 fully saturated rings. The van der Waals surface area contributed by atoms with Crippen LogP contribution in [0.2, 0.25) is 0 Å². The number of hydrogen-bond donors (Lipinski definition) is 1. The van der Waals surface area contributed by atoms with Gasteiger partial charge in [0.1, 0.15) is 11.0 Å². The van der Waals surface area contributed by atoms with E-state index in [2.05, 4.69) is 24.9 Å². The normalized spacial score (nSPS) is 13.7. The van der Waals surface area contributed by atoms with E-state index in [0.717, 1.165) is 28.8 Å². The van der Waals surface area contributed by atoms with Gasteiger partial charge in [0.05, 0.1) is 16.8 Å². The quantitative estimate of drug-likeness (QED) is 0.903. The SMILES string of the molecule is Cc1ccc(S(=O)NS(C)(=O)=O)cc1-c1cccc(C(C)(C)C)n1. The summed E-state index contributed by atoms with van der Waals surface area (Å²) >= 11 is 0. The largest absolute Gasteiger partial charge is 0.252 e. The molecule has 0 spiro atoms. The average Bonchev–Trinajstić information content (AvgIpc) is 2.45. The third-order valence-corrected chi connectivity index (χ3v) is 5.94. The lowest BCUT2D eigenvalue weighted by Crippen LogP contribution is -2.24. The van der Waals surface area contributed by atoms with Gasteiger partial charge in [-0.05, 0) is 36.8 Å². The van der Waals surface area contributed by atoms with E-state index in [9.17, 15) is 12.6 Å². The minimum absolute atomic E-state index is 0.0812. The highest BCUT2D eigenvalue weighted by Gasteiger charge is 2.17. The summed E-state index contributed by atoms with van der Waals surface area (Å²) in [6.45, 7) is 8.21. The Morgan fingerprint density at radius 1 is 1.12 bits per heavy atom. The summed E-state index contributed by atoms with van der Waals surface area (Å²) in [7, 11) is -5.38. The van der Waals surface area contributed by atoms with E-state index >= 15 is 0 Å². The van der Waals surface area contributed by atoms with Crippen molar-refractivity contribution in [1.29, 1.82) is 0 Å². The molecule has 0 bridgehead atoms. The van der Waals surface area contributed by atoms with E-state index in [1.54, 1.807) is 12.1 Å². The van der Waals surface area contributed by atoms with E-state index in [0.29, 0.717) is 4.90 Å². The summed E-state index contributed by atoms with van der Waals surface area (Å²) in [5, 5.41) is 0.